The molecule has 0 aromatic carbocycles. The average Bonchev–Trinajstić information content (AvgIpc) is 2.77. The van der Waals surface area contributed by atoms with Gasteiger partial charge in [0, 0.05) is 28.6 Å². The molecule has 0 amide bonds. The van der Waals surface area contributed by atoms with E-state index >= 15 is 0 Å². The highest BCUT2D eigenvalue weighted by Crippen LogP contribution is 2.23. The summed E-state index contributed by atoms with van der Waals surface area (Å²) in [5, 5.41) is 0. The smallest absolute Gasteiger partial charge is 0.170 e. The first kappa shape index (κ1) is 11.1. The number of nitrogens with zero attached hydrogens (tertiary/aromatic N) is 3. The van der Waals surface area contributed by atoms with Crippen LogP contribution in [0.25, 0.3) is 16.9 Å². The van der Waals surface area contributed by atoms with Gasteiger partial charge in [-0.3, -0.25) is 14.2 Å². The van der Waals surface area contributed by atoms with Gasteiger partial charge in [-0.2, -0.15) is 0 Å². The zero-order valence-corrected chi connectivity index (χ0v) is 10.8. The summed E-state index contributed by atoms with van der Waals surface area (Å²) in [6.07, 6.45) is 6.08. The highest BCUT2D eigenvalue weighted by Gasteiger charge is 2.12. The number of carbonyl (C=O) groups excluding carboxylic acids is 1. The van der Waals surface area contributed by atoms with E-state index in [1.54, 1.807) is 12.4 Å². The minimum Gasteiger partial charge on any atom is -0.298 e. The molecule has 3 aromatic rings. The van der Waals surface area contributed by atoms with Crippen LogP contribution in [0.4, 0.5) is 0 Å². The minimum absolute atomic E-state index is 0.432. The number of aldehydes is 1. The predicted octanol–water partition coefficient (Wildman–Crippen LogP) is 2.97. The molecule has 4 nitrogen and oxygen atoms in total. The molecular formula is C13H8BrN3O. The van der Waals surface area contributed by atoms with Crippen LogP contribution in [-0.4, -0.2) is 20.7 Å². The number of halogens is 1. The van der Waals surface area contributed by atoms with Gasteiger partial charge in [-0.05, 0) is 40.2 Å². The summed E-state index contributed by atoms with van der Waals surface area (Å²) in [7, 11) is 0. The van der Waals surface area contributed by atoms with Crippen LogP contribution in [0.1, 0.15) is 10.5 Å². The van der Waals surface area contributed by atoms with Crippen molar-refractivity contribution < 1.29 is 4.79 Å². The summed E-state index contributed by atoms with van der Waals surface area (Å²) >= 11 is 3.42. The quantitative estimate of drug-likeness (QED) is 0.684. The minimum atomic E-state index is 0.432. The van der Waals surface area contributed by atoms with Crippen molar-refractivity contribution >= 4 is 27.7 Å². The standard InChI is InChI=1S/C13H8BrN3O/c14-10-3-4-12-11(8-18)16-13(17(12)7-10)9-2-1-5-15-6-9/h1-8H. The van der Waals surface area contributed by atoms with Gasteiger partial charge in [0.25, 0.3) is 0 Å². The molecule has 3 aromatic heterocycles. The van der Waals surface area contributed by atoms with Crippen molar-refractivity contribution in [1.82, 2.24) is 14.4 Å². The Kier molecular flexibility index (Phi) is 2.68. The van der Waals surface area contributed by atoms with E-state index in [2.05, 4.69) is 25.9 Å². The van der Waals surface area contributed by atoms with Crippen molar-refractivity contribution in [1.29, 1.82) is 0 Å². The highest BCUT2D eigenvalue weighted by atomic mass is 79.9. The first-order valence-electron chi connectivity index (χ1n) is 5.33. The van der Waals surface area contributed by atoms with Gasteiger partial charge < -0.3 is 0 Å². The second-order valence-corrected chi connectivity index (χ2v) is 4.70. The van der Waals surface area contributed by atoms with Crippen LogP contribution in [0.15, 0.2) is 47.3 Å². The van der Waals surface area contributed by atoms with Crippen molar-refractivity contribution in [2.45, 2.75) is 0 Å². The fourth-order valence-corrected chi connectivity index (χ4v) is 2.21. The van der Waals surface area contributed by atoms with Gasteiger partial charge in [0.2, 0.25) is 0 Å². The van der Waals surface area contributed by atoms with E-state index in [4.69, 9.17) is 0 Å². The van der Waals surface area contributed by atoms with Crippen LogP contribution in [0.2, 0.25) is 0 Å². The van der Waals surface area contributed by atoms with Crippen molar-refractivity contribution in [3.63, 3.8) is 0 Å². The van der Waals surface area contributed by atoms with Crippen molar-refractivity contribution in [2.24, 2.45) is 0 Å². The van der Waals surface area contributed by atoms with E-state index in [0.717, 1.165) is 21.8 Å². The molecule has 0 N–H and O–H groups in total. The van der Waals surface area contributed by atoms with Crippen LogP contribution in [-0.2, 0) is 0 Å². The maximum Gasteiger partial charge on any atom is 0.170 e. The molecule has 0 saturated heterocycles. The normalized spacial score (nSPS) is 10.7. The summed E-state index contributed by atoms with van der Waals surface area (Å²) in [5.74, 6) is 0.710. The molecule has 5 heteroatoms. The number of hydrogen-bond acceptors (Lipinski definition) is 3. The zero-order chi connectivity index (χ0) is 12.5. The van der Waals surface area contributed by atoms with Gasteiger partial charge in [0.1, 0.15) is 11.5 Å². The molecule has 0 bridgehead atoms. The summed E-state index contributed by atoms with van der Waals surface area (Å²) in [6, 6.07) is 7.50. The Bertz CT molecular complexity index is 722. The molecule has 3 rings (SSSR count). The number of imidazole rings is 1. The fraction of sp³-hybridized carbons (Fsp3) is 0. The number of hydrogen-bond donors (Lipinski definition) is 0. The number of fused-ring (bicyclic) bond motifs is 1. The third kappa shape index (κ3) is 1.73. The van der Waals surface area contributed by atoms with E-state index in [-0.39, 0.29) is 0 Å². The Labute approximate surface area is 111 Å². The monoisotopic (exact) mass is 301 g/mol. The van der Waals surface area contributed by atoms with Crippen molar-refractivity contribution in [2.75, 3.05) is 0 Å². The van der Waals surface area contributed by atoms with Gasteiger partial charge >= 0.3 is 0 Å². The Morgan fingerprint density at radius 1 is 1.28 bits per heavy atom. The Balaban J connectivity index is 2.36. The lowest BCUT2D eigenvalue weighted by atomic mass is 10.3. The summed E-state index contributed by atoms with van der Waals surface area (Å²) in [5.41, 5.74) is 2.09. The highest BCUT2D eigenvalue weighted by molar-refractivity contribution is 9.10. The van der Waals surface area contributed by atoms with Crippen LogP contribution < -0.4 is 0 Å². The Morgan fingerprint density at radius 2 is 2.17 bits per heavy atom. The number of aromatic nitrogens is 3. The molecule has 0 fully saturated rings. The molecule has 0 saturated carbocycles. The second-order valence-electron chi connectivity index (χ2n) is 3.78. The maximum atomic E-state index is 11.0. The summed E-state index contributed by atoms with van der Waals surface area (Å²) in [4.78, 5) is 19.5. The Hall–Kier alpha value is -2.01. The number of pyridine rings is 2. The fourth-order valence-electron chi connectivity index (χ4n) is 1.87. The lowest BCUT2D eigenvalue weighted by molar-refractivity contribution is 0.112. The SMILES string of the molecule is O=Cc1nc(-c2cccnc2)n2cc(Br)ccc12. The predicted molar refractivity (Wildman–Crippen MR) is 71.5 cm³/mol. The molecule has 0 aliphatic heterocycles. The van der Waals surface area contributed by atoms with Crippen LogP contribution >= 0.6 is 15.9 Å². The van der Waals surface area contributed by atoms with Gasteiger partial charge in [-0.1, -0.05) is 0 Å². The first-order valence-corrected chi connectivity index (χ1v) is 6.12. The van der Waals surface area contributed by atoms with E-state index in [1.807, 2.05) is 34.9 Å². The molecule has 0 unspecified atom stereocenters. The molecule has 0 atom stereocenters. The molecular weight excluding hydrogens is 294 g/mol. The third-order valence-corrected chi connectivity index (χ3v) is 3.13. The molecule has 0 radical (unpaired) electrons. The van der Waals surface area contributed by atoms with Gasteiger partial charge in [-0.15, -0.1) is 0 Å². The zero-order valence-electron chi connectivity index (χ0n) is 9.25. The lowest BCUT2D eigenvalue weighted by Gasteiger charge is -2.01. The average molecular weight is 302 g/mol. The molecule has 88 valence electrons. The molecule has 0 aliphatic carbocycles. The van der Waals surface area contributed by atoms with Gasteiger partial charge in [0.05, 0.1) is 5.52 Å². The van der Waals surface area contributed by atoms with Gasteiger partial charge in [-0.25, -0.2) is 4.98 Å². The number of carbonyl (C=O) groups is 1. The topological polar surface area (TPSA) is 47.3 Å². The third-order valence-electron chi connectivity index (χ3n) is 2.66. The first-order chi connectivity index (χ1) is 8.79. The van der Waals surface area contributed by atoms with Gasteiger partial charge in [0.15, 0.2) is 6.29 Å². The maximum absolute atomic E-state index is 11.0. The van der Waals surface area contributed by atoms with E-state index in [1.165, 1.54) is 0 Å². The van der Waals surface area contributed by atoms with Crippen LogP contribution in [0.5, 0.6) is 0 Å². The largest absolute Gasteiger partial charge is 0.298 e. The van der Waals surface area contributed by atoms with E-state index in [0.29, 0.717) is 11.5 Å². The summed E-state index contributed by atoms with van der Waals surface area (Å²) < 4.78 is 2.81. The summed E-state index contributed by atoms with van der Waals surface area (Å²) in [6.45, 7) is 0. The number of rotatable bonds is 2. The molecule has 3 heterocycles. The second kappa shape index (κ2) is 4.34. The molecule has 0 spiro atoms. The Morgan fingerprint density at radius 3 is 2.89 bits per heavy atom. The molecule has 0 aliphatic rings. The lowest BCUT2D eigenvalue weighted by Crippen LogP contribution is -1.89. The van der Waals surface area contributed by atoms with Crippen molar-refractivity contribution in [3.8, 4) is 11.4 Å². The van der Waals surface area contributed by atoms with Crippen LogP contribution in [0.3, 0.4) is 0 Å². The molecule has 18 heavy (non-hydrogen) atoms. The van der Waals surface area contributed by atoms with Crippen LogP contribution in [0, 0.1) is 0 Å². The van der Waals surface area contributed by atoms with Crippen molar-refractivity contribution in [3.05, 3.63) is 53.0 Å². The van der Waals surface area contributed by atoms with E-state index < -0.39 is 0 Å². The van der Waals surface area contributed by atoms with E-state index in [9.17, 15) is 4.79 Å².